The summed E-state index contributed by atoms with van der Waals surface area (Å²) in [6.07, 6.45) is 0.538. The van der Waals surface area contributed by atoms with E-state index in [1.54, 1.807) is 19.9 Å². The summed E-state index contributed by atoms with van der Waals surface area (Å²) in [5.41, 5.74) is -3.41. The zero-order chi connectivity index (χ0) is 31.2. The van der Waals surface area contributed by atoms with Crippen LogP contribution >= 0.6 is 0 Å². The van der Waals surface area contributed by atoms with Crippen LogP contribution in [0, 0.1) is 34.0 Å². The molecule has 0 aromatic rings. The number of rotatable bonds is 6. The molecule has 2 heterocycles. The van der Waals surface area contributed by atoms with Gasteiger partial charge >= 0.3 is 23.9 Å². The van der Waals surface area contributed by atoms with E-state index in [2.05, 4.69) is 6.58 Å². The molecule has 0 amide bonds. The topological polar surface area (TPSA) is 155 Å². The number of ketones is 1. The molecule has 5 aliphatic rings. The second-order valence-electron chi connectivity index (χ2n) is 13.1. The van der Waals surface area contributed by atoms with Crippen LogP contribution in [0.2, 0.25) is 0 Å². The first kappa shape index (κ1) is 30.2. The van der Waals surface area contributed by atoms with Gasteiger partial charge in [-0.05, 0) is 24.0 Å². The lowest BCUT2D eigenvalue weighted by Gasteiger charge is -2.59. The molecule has 0 aromatic heterocycles. The molecule has 1 saturated heterocycles. The zero-order valence-electron chi connectivity index (χ0n) is 24.9. The normalized spacial score (nSPS) is 43.1. The minimum atomic E-state index is -1.49. The summed E-state index contributed by atoms with van der Waals surface area (Å²) < 4.78 is 28.5. The third-order valence-electron chi connectivity index (χ3n) is 10.7. The van der Waals surface area contributed by atoms with Gasteiger partial charge in [-0.1, -0.05) is 40.3 Å². The molecular formula is C31H38O11. The molecule has 0 bridgehead atoms. The SMILES string of the molecule is C=C1[C@H]([C@@]2(C)C=CC(=O)C(C)(C)[C@@H]2CC(=O)OC)[C@@H](OC(C)=O)[C@H](OC(C)=O)[C@@]2(C)[C@H](C3=CC(=O)O[C@H]3O)C[C@H]3O[C@]132. The number of aliphatic hydroxyl groups is 1. The highest BCUT2D eigenvalue weighted by molar-refractivity contribution is 5.96. The lowest BCUT2D eigenvalue weighted by atomic mass is 9.46. The molecule has 1 spiro atoms. The Morgan fingerprint density at radius 2 is 1.74 bits per heavy atom. The second-order valence-corrected chi connectivity index (χ2v) is 13.1. The van der Waals surface area contributed by atoms with Gasteiger partial charge in [0.15, 0.2) is 5.78 Å². The van der Waals surface area contributed by atoms with Crippen molar-refractivity contribution in [3.8, 4) is 0 Å². The average Bonchev–Trinajstić information content (AvgIpc) is 3.44. The van der Waals surface area contributed by atoms with E-state index in [4.69, 9.17) is 23.7 Å². The molecule has 228 valence electrons. The average molecular weight is 587 g/mol. The summed E-state index contributed by atoms with van der Waals surface area (Å²) in [6, 6.07) is 0. The van der Waals surface area contributed by atoms with E-state index < -0.39 is 88.1 Å². The third-order valence-corrected chi connectivity index (χ3v) is 10.7. The number of esters is 4. The van der Waals surface area contributed by atoms with E-state index in [-0.39, 0.29) is 12.2 Å². The molecule has 5 rings (SSSR count). The molecule has 3 aliphatic carbocycles. The van der Waals surface area contributed by atoms with Crippen molar-refractivity contribution in [3.63, 3.8) is 0 Å². The Morgan fingerprint density at radius 1 is 1.10 bits per heavy atom. The van der Waals surface area contributed by atoms with Gasteiger partial charge in [0.05, 0.1) is 25.0 Å². The summed E-state index contributed by atoms with van der Waals surface area (Å²) in [5, 5.41) is 10.6. The number of carbonyl (C=O) groups is 5. The summed E-state index contributed by atoms with van der Waals surface area (Å²) >= 11 is 0. The lowest BCUT2D eigenvalue weighted by Crippen LogP contribution is -2.67. The molecular weight excluding hydrogens is 548 g/mol. The van der Waals surface area contributed by atoms with Gasteiger partial charge in [-0.15, -0.1) is 0 Å². The quantitative estimate of drug-likeness (QED) is 0.211. The molecule has 3 fully saturated rings. The molecule has 2 aliphatic heterocycles. The molecule has 0 radical (unpaired) electrons. The van der Waals surface area contributed by atoms with E-state index in [0.717, 1.165) is 0 Å². The minimum Gasteiger partial charge on any atom is -0.469 e. The van der Waals surface area contributed by atoms with Crippen LogP contribution in [0.25, 0.3) is 0 Å². The molecule has 1 N–H and O–H groups in total. The lowest BCUT2D eigenvalue weighted by molar-refractivity contribution is -0.210. The van der Waals surface area contributed by atoms with E-state index in [1.165, 1.54) is 33.1 Å². The zero-order valence-corrected chi connectivity index (χ0v) is 24.9. The van der Waals surface area contributed by atoms with Crippen LogP contribution in [0.1, 0.15) is 54.4 Å². The number of allylic oxidation sites excluding steroid dienone is 2. The highest BCUT2D eigenvalue weighted by Crippen LogP contribution is 2.76. The molecule has 0 unspecified atom stereocenters. The smallest absolute Gasteiger partial charge is 0.333 e. The first-order valence-corrected chi connectivity index (χ1v) is 14.1. The van der Waals surface area contributed by atoms with Gasteiger partial charge in [-0.2, -0.15) is 0 Å². The fraction of sp³-hybridized carbons (Fsp3) is 0.645. The number of hydrogen-bond donors (Lipinski definition) is 1. The van der Waals surface area contributed by atoms with Crippen LogP contribution in [-0.2, 0) is 47.7 Å². The minimum absolute atomic E-state index is 0.111. The van der Waals surface area contributed by atoms with Gasteiger partial charge in [-0.25, -0.2) is 4.79 Å². The van der Waals surface area contributed by atoms with Crippen LogP contribution < -0.4 is 0 Å². The van der Waals surface area contributed by atoms with Crippen molar-refractivity contribution in [1.29, 1.82) is 0 Å². The van der Waals surface area contributed by atoms with Crippen molar-refractivity contribution in [3.05, 3.63) is 36.0 Å². The third kappa shape index (κ3) is 3.96. The number of methoxy groups -OCH3 is 1. The Balaban J connectivity index is 1.73. The predicted octanol–water partition coefficient (Wildman–Crippen LogP) is 2.35. The van der Waals surface area contributed by atoms with E-state index >= 15 is 0 Å². The van der Waals surface area contributed by atoms with Crippen molar-refractivity contribution in [1.82, 2.24) is 0 Å². The first-order chi connectivity index (χ1) is 19.5. The van der Waals surface area contributed by atoms with Crippen molar-refractivity contribution in [2.45, 2.75) is 84.6 Å². The van der Waals surface area contributed by atoms with E-state index in [0.29, 0.717) is 17.6 Å². The molecule has 11 nitrogen and oxygen atoms in total. The maximum Gasteiger partial charge on any atom is 0.333 e. The maximum atomic E-state index is 13.2. The number of aliphatic hydroxyl groups excluding tert-OH is 1. The van der Waals surface area contributed by atoms with Crippen molar-refractivity contribution < 1.29 is 52.8 Å². The molecule has 2 saturated carbocycles. The Labute approximate surface area is 244 Å². The Morgan fingerprint density at radius 3 is 2.29 bits per heavy atom. The number of carbonyl (C=O) groups excluding carboxylic acids is 5. The van der Waals surface area contributed by atoms with E-state index in [9.17, 15) is 29.1 Å². The number of hydrogen-bond acceptors (Lipinski definition) is 11. The number of cyclic esters (lactones) is 1. The maximum absolute atomic E-state index is 13.2. The van der Waals surface area contributed by atoms with Crippen LogP contribution in [0.5, 0.6) is 0 Å². The molecule has 42 heavy (non-hydrogen) atoms. The van der Waals surface area contributed by atoms with Crippen LogP contribution in [0.4, 0.5) is 0 Å². The monoisotopic (exact) mass is 586 g/mol. The summed E-state index contributed by atoms with van der Waals surface area (Å²) in [7, 11) is 1.28. The fourth-order valence-corrected chi connectivity index (χ4v) is 8.75. The number of ether oxygens (including phenoxy) is 5. The molecule has 11 heteroatoms. The Bertz CT molecular complexity index is 1340. The summed E-state index contributed by atoms with van der Waals surface area (Å²) in [6.45, 7) is 14.2. The fourth-order valence-electron chi connectivity index (χ4n) is 8.75. The second kappa shape index (κ2) is 9.60. The van der Waals surface area contributed by atoms with Crippen LogP contribution in [0.3, 0.4) is 0 Å². The highest BCUT2D eigenvalue weighted by atomic mass is 16.6. The summed E-state index contributed by atoms with van der Waals surface area (Å²) in [4.78, 5) is 63.4. The highest BCUT2D eigenvalue weighted by Gasteiger charge is 2.84. The van der Waals surface area contributed by atoms with Gasteiger partial charge < -0.3 is 28.8 Å². The van der Waals surface area contributed by atoms with Gasteiger partial charge in [0.1, 0.15) is 17.8 Å². The van der Waals surface area contributed by atoms with Gasteiger partial charge in [0.2, 0.25) is 6.29 Å². The Hall–Kier alpha value is -3.31. The first-order valence-electron chi connectivity index (χ1n) is 14.1. The van der Waals surface area contributed by atoms with Gasteiger partial charge in [0, 0.05) is 48.2 Å². The predicted molar refractivity (Wildman–Crippen MR) is 144 cm³/mol. The van der Waals surface area contributed by atoms with Gasteiger partial charge in [-0.3, -0.25) is 19.2 Å². The Kier molecular flexibility index (Phi) is 6.89. The van der Waals surface area contributed by atoms with Crippen LogP contribution in [0.15, 0.2) is 36.0 Å². The van der Waals surface area contributed by atoms with Crippen molar-refractivity contribution in [2.24, 2.45) is 34.0 Å². The van der Waals surface area contributed by atoms with Crippen LogP contribution in [-0.4, -0.2) is 72.1 Å². The van der Waals surface area contributed by atoms with Crippen molar-refractivity contribution >= 4 is 29.7 Å². The van der Waals surface area contributed by atoms with E-state index in [1.807, 2.05) is 13.8 Å². The van der Waals surface area contributed by atoms with Gasteiger partial charge in [0.25, 0.3) is 0 Å². The molecule has 10 atom stereocenters. The largest absolute Gasteiger partial charge is 0.469 e. The number of epoxide rings is 1. The molecule has 0 aromatic carbocycles. The standard InChI is InChI=1S/C31H38O11/c1-14-24(29(6)10-9-20(34)28(4,5)19(29)13-22(35)38-8)25(39-15(2)32)26(40-16(3)33)30(7)18(12-21-31(14,30)42-21)17-11-23(36)41-27(17)37/h9-11,18-19,21,24-27,37H,1,12-13H2,2-8H3/t18-,19-,21+,24-,25+,26-,27+,29-,30+,31+/m0/s1. The van der Waals surface area contributed by atoms with Crippen molar-refractivity contribution in [2.75, 3.05) is 7.11 Å². The summed E-state index contributed by atoms with van der Waals surface area (Å²) in [5.74, 6) is -4.62.